The molecule has 0 aliphatic rings. The van der Waals surface area contributed by atoms with Gasteiger partial charge in [0.1, 0.15) is 11.5 Å². The SMILES string of the molecule is Cc1ccc(Cl)c(Oc2ccc(Br)cc2C(C)N)c1. The van der Waals surface area contributed by atoms with Crippen LogP contribution in [0.2, 0.25) is 5.02 Å². The van der Waals surface area contributed by atoms with Gasteiger partial charge in [-0.05, 0) is 49.7 Å². The number of rotatable bonds is 3. The van der Waals surface area contributed by atoms with Crippen molar-refractivity contribution in [3.63, 3.8) is 0 Å². The molecule has 1 unspecified atom stereocenters. The summed E-state index contributed by atoms with van der Waals surface area (Å²) in [6.07, 6.45) is 0. The van der Waals surface area contributed by atoms with Crippen LogP contribution >= 0.6 is 27.5 Å². The third-order valence-corrected chi connectivity index (χ3v) is 3.57. The first-order valence-electron chi connectivity index (χ1n) is 5.96. The average molecular weight is 341 g/mol. The molecular formula is C15H15BrClNO. The fraction of sp³-hybridized carbons (Fsp3) is 0.200. The van der Waals surface area contributed by atoms with Crippen molar-refractivity contribution in [1.29, 1.82) is 0 Å². The van der Waals surface area contributed by atoms with Crippen LogP contribution in [0.15, 0.2) is 40.9 Å². The van der Waals surface area contributed by atoms with Gasteiger partial charge in [0.05, 0.1) is 5.02 Å². The number of benzene rings is 2. The van der Waals surface area contributed by atoms with Gasteiger partial charge >= 0.3 is 0 Å². The Morgan fingerprint density at radius 3 is 2.58 bits per heavy atom. The van der Waals surface area contributed by atoms with E-state index in [0.29, 0.717) is 10.8 Å². The quantitative estimate of drug-likeness (QED) is 0.831. The highest BCUT2D eigenvalue weighted by atomic mass is 79.9. The van der Waals surface area contributed by atoms with E-state index in [4.69, 9.17) is 22.1 Å². The molecule has 0 amide bonds. The van der Waals surface area contributed by atoms with Crippen LogP contribution in [0.4, 0.5) is 0 Å². The number of nitrogens with two attached hydrogens (primary N) is 1. The lowest BCUT2D eigenvalue weighted by Gasteiger charge is -2.15. The number of halogens is 2. The molecule has 0 spiro atoms. The molecule has 2 aromatic carbocycles. The molecule has 2 rings (SSSR count). The molecule has 0 aliphatic heterocycles. The van der Waals surface area contributed by atoms with Crippen LogP contribution < -0.4 is 10.5 Å². The van der Waals surface area contributed by atoms with Crippen molar-refractivity contribution >= 4 is 27.5 Å². The van der Waals surface area contributed by atoms with Gasteiger partial charge in [0.25, 0.3) is 0 Å². The minimum atomic E-state index is -0.115. The Morgan fingerprint density at radius 1 is 1.16 bits per heavy atom. The van der Waals surface area contributed by atoms with E-state index in [1.807, 2.05) is 50.2 Å². The summed E-state index contributed by atoms with van der Waals surface area (Å²) < 4.78 is 6.88. The number of aryl methyl sites for hydroxylation is 1. The third kappa shape index (κ3) is 3.50. The molecule has 0 radical (unpaired) electrons. The molecule has 0 saturated heterocycles. The van der Waals surface area contributed by atoms with Crippen molar-refractivity contribution < 1.29 is 4.74 Å². The number of hydrogen-bond donors (Lipinski definition) is 1. The lowest BCUT2D eigenvalue weighted by molar-refractivity contribution is 0.472. The highest BCUT2D eigenvalue weighted by Crippen LogP contribution is 2.35. The molecule has 0 aliphatic carbocycles. The molecule has 4 heteroatoms. The summed E-state index contributed by atoms with van der Waals surface area (Å²) in [5.74, 6) is 1.37. The molecule has 2 N–H and O–H groups in total. The zero-order chi connectivity index (χ0) is 14.0. The van der Waals surface area contributed by atoms with Crippen LogP contribution in [-0.2, 0) is 0 Å². The van der Waals surface area contributed by atoms with E-state index in [-0.39, 0.29) is 6.04 Å². The molecule has 0 saturated carbocycles. The van der Waals surface area contributed by atoms with Gasteiger partial charge in [-0.15, -0.1) is 0 Å². The van der Waals surface area contributed by atoms with Crippen LogP contribution in [0.1, 0.15) is 24.1 Å². The number of ether oxygens (including phenoxy) is 1. The lowest BCUT2D eigenvalue weighted by atomic mass is 10.1. The first-order chi connectivity index (χ1) is 8.97. The summed E-state index contributed by atoms with van der Waals surface area (Å²) in [5.41, 5.74) is 8.00. The molecule has 19 heavy (non-hydrogen) atoms. The van der Waals surface area contributed by atoms with E-state index < -0.39 is 0 Å². The van der Waals surface area contributed by atoms with Crippen LogP contribution in [0.3, 0.4) is 0 Å². The zero-order valence-corrected chi connectivity index (χ0v) is 13.1. The van der Waals surface area contributed by atoms with E-state index in [1.165, 1.54) is 0 Å². The van der Waals surface area contributed by atoms with Gasteiger partial charge in [0.15, 0.2) is 0 Å². The van der Waals surface area contributed by atoms with Gasteiger partial charge in [-0.3, -0.25) is 0 Å². The second kappa shape index (κ2) is 5.95. The van der Waals surface area contributed by atoms with E-state index in [0.717, 1.165) is 21.3 Å². The summed E-state index contributed by atoms with van der Waals surface area (Å²) in [4.78, 5) is 0. The largest absolute Gasteiger partial charge is 0.455 e. The van der Waals surface area contributed by atoms with Crippen molar-refractivity contribution in [2.45, 2.75) is 19.9 Å². The van der Waals surface area contributed by atoms with Crippen molar-refractivity contribution in [1.82, 2.24) is 0 Å². The maximum Gasteiger partial charge on any atom is 0.146 e. The van der Waals surface area contributed by atoms with E-state index in [2.05, 4.69) is 15.9 Å². The van der Waals surface area contributed by atoms with Gasteiger partial charge in [-0.2, -0.15) is 0 Å². The lowest BCUT2D eigenvalue weighted by Crippen LogP contribution is -2.06. The summed E-state index contributed by atoms with van der Waals surface area (Å²) in [6, 6.07) is 11.3. The maximum atomic E-state index is 6.14. The minimum absolute atomic E-state index is 0.115. The topological polar surface area (TPSA) is 35.2 Å². The molecule has 2 nitrogen and oxygen atoms in total. The fourth-order valence-electron chi connectivity index (χ4n) is 1.78. The van der Waals surface area contributed by atoms with Crippen molar-refractivity contribution in [3.8, 4) is 11.5 Å². The first kappa shape index (κ1) is 14.4. The Kier molecular flexibility index (Phi) is 4.50. The predicted molar refractivity (Wildman–Crippen MR) is 83.0 cm³/mol. The molecule has 0 fully saturated rings. The molecule has 2 aromatic rings. The second-order valence-electron chi connectivity index (χ2n) is 4.51. The second-order valence-corrected chi connectivity index (χ2v) is 5.83. The van der Waals surface area contributed by atoms with Gasteiger partial charge in [-0.25, -0.2) is 0 Å². The monoisotopic (exact) mass is 339 g/mol. The molecule has 1 atom stereocenters. The minimum Gasteiger partial charge on any atom is -0.455 e. The van der Waals surface area contributed by atoms with Gasteiger partial charge in [0.2, 0.25) is 0 Å². The van der Waals surface area contributed by atoms with Gasteiger partial charge < -0.3 is 10.5 Å². The molecular weight excluding hydrogens is 326 g/mol. The predicted octanol–water partition coefficient (Wildman–Crippen LogP) is 5.22. The van der Waals surface area contributed by atoms with Gasteiger partial charge in [-0.1, -0.05) is 33.6 Å². The van der Waals surface area contributed by atoms with Crippen LogP contribution in [0.5, 0.6) is 11.5 Å². The Morgan fingerprint density at radius 2 is 1.89 bits per heavy atom. The maximum absolute atomic E-state index is 6.14. The van der Waals surface area contributed by atoms with Crippen LogP contribution in [0, 0.1) is 6.92 Å². The van der Waals surface area contributed by atoms with Crippen LogP contribution in [-0.4, -0.2) is 0 Å². The molecule has 0 heterocycles. The summed E-state index contributed by atoms with van der Waals surface area (Å²) >= 11 is 9.58. The Balaban J connectivity index is 2.40. The summed E-state index contributed by atoms with van der Waals surface area (Å²) in [5, 5.41) is 0.587. The van der Waals surface area contributed by atoms with Crippen molar-refractivity contribution in [2.75, 3.05) is 0 Å². The Hall–Kier alpha value is -1.03. The molecule has 100 valence electrons. The van der Waals surface area contributed by atoms with E-state index >= 15 is 0 Å². The summed E-state index contributed by atoms with van der Waals surface area (Å²) in [6.45, 7) is 3.92. The number of hydrogen-bond acceptors (Lipinski definition) is 2. The standard InChI is InChI=1S/C15H15BrClNO/c1-9-3-5-13(17)15(7-9)19-14-6-4-11(16)8-12(14)10(2)18/h3-8,10H,18H2,1-2H3. The molecule has 0 aromatic heterocycles. The van der Waals surface area contributed by atoms with E-state index in [1.54, 1.807) is 0 Å². The molecule has 0 bridgehead atoms. The van der Waals surface area contributed by atoms with Crippen LogP contribution in [0.25, 0.3) is 0 Å². The smallest absolute Gasteiger partial charge is 0.146 e. The van der Waals surface area contributed by atoms with E-state index in [9.17, 15) is 0 Å². The Labute approximate surface area is 126 Å². The first-order valence-corrected chi connectivity index (χ1v) is 7.13. The van der Waals surface area contributed by atoms with Crippen molar-refractivity contribution in [2.24, 2.45) is 5.73 Å². The summed E-state index contributed by atoms with van der Waals surface area (Å²) in [7, 11) is 0. The van der Waals surface area contributed by atoms with Gasteiger partial charge in [0, 0.05) is 16.1 Å². The highest BCUT2D eigenvalue weighted by Gasteiger charge is 2.11. The average Bonchev–Trinajstić information content (AvgIpc) is 2.35. The third-order valence-electron chi connectivity index (χ3n) is 2.77. The normalized spacial score (nSPS) is 12.3. The Bertz CT molecular complexity index is 599. The van der Waals surface area contributed by atoms with Crippen molar-refractivity contribution in [3.05, 3.63) is 57.0 Å². The zero-order valence-electron chi connectivity index (χ0n) is 10.8. The fourth-order valence-corrected chi connectivity index (χ4v) is 2.31. The highest BCUT2D eigenvalue weighted by molar-refractivity contribution is 9.10.